The van der Waals surface area contributed by atoms with Gasteiger partial charge in [-0.25, -0.2) is 0 Å². The van der Waals surface area contributed by atoms with E-state index in [1.807, 2.05) is 42.6 Å². The number of hydrogen-bond donors (Lipinski definition) is 1. The van der Waals surface area contributed by atoms with Crippen molar-refractivity contribution in [3.63, 3.8) is 0 Å². The van der Waals surface area contributed by atoms with E-state index in [1.54, 1.807) is 35.1 Å². The number of rotatable bonds is 6. The summed E-state index contributed by atoms with van der Waals surface area (Å²) in [6.07, 6.45) is 11.7. The SMILES string of the molecule is C#CCNC(=O)[C@]1(Cc2ccccc2-c2cccnc2)CCN(C(=O)c2ccn(C)n2)C1. The number of carbonyl (C=O) groups is 2. The molecule has 1 aliphatic rings. The number of aromatic nitrogens is 3. The Balaban J connectivity index is 1.65. The quantitative estimate of drug-likeness (QED) is 0.612. The number of aryl methyl sites for hydroxylation is 1. The highest BCUT2D eigenvalue weighted by Gasteiger charge is 2.46. The standard InChI is InChI=1S/C25H25N5O2/c1-3-12-27-24(32)25(11-15-30(18-25)23(31)22-10-14-29(2)28-22)16-19-7-4-5-9-21(19)20-8-6-13-26-17-20/h1,4-10,13-14,17H,11-12,15-16,18H2,2H3,(H,27,32)/t25-/m0/s1. The van der Waals surface area contributed by atoms with Gasteiger partial charge in [0.2, 0.25) is 5.91 Å². The van der Waals surface area contributed by atoms with Crippen molar-refractivity contribution in [1.29, 1.82) is 0 Å². The van der Waals surface area contributed by atoms with Crippen molar-refractivity contribution in [2.75, 3.05) is 19.6 Å². The van der Waals surface area contributed by atoms with Crippen LogP contribution in [0.1, 0.15) is 22.5 Å². The Morgan fingerprint density at radius 3 is 2.78 bits per heavy atom. The number of nitrogens with zero attached hydrogens (tertiary/aromatic N) is 4. The summed E-state index contributed by atoms with van der Waals surface area (Å²) in [5.41, 5.74) is 2.65. The molecule has 7 heteroatoms. The van der Waals surface area contributed by atoms with Gasteiger partial charge in [0, 0.05) is 44.3 Å². The summed E-state index contributed by atoms with van der Waals surface area (Å²) >= 11 is 0. The average molecular weight is 428 g/mol. The molecule has 2 amide bonds. The molecule has 1 fully saturated rings. The minimum absolute atomic E-state index is 0.132. The number of amides is 2. The number of pyridine rings is 1. The molecule has 0 bridgehead atoms. The lowest BCUT2D eigenvalue weighted by molar-refractivity contribution is -0.130. The van der Waals surface area contributed by atoms with Crippen LogP contribution in [0.4, 0.5) is 0 Å². The van der Waals surface area contributed by atoms with Gasteiger partial charge in [0.1, 0.15) is 5.69 Å². The molecule has 0 spiro atoms. The van der Waals surface area contributed by atoms with Crippen LogP contribution in [-0.2, 0) is 18.3 Å². The van der Waals surface area contributed by atoms with E-state index in [0.717, 1.165) is 16.7 Å². The molecule has 0 unspecified atom stereocenters. The predicted molar refractivity (Wildman–Crippen MR) is 121 cm³/mol. The predicted octanol–water partition coefficient (Wildman–Crippen LogP) is 2.31. The summed E-state index contributed by atoms with van der Waals surface area (Å²) in [6, 6.07) is 13.6. The van der Waals surface area contributed by atoms with Crippen molar-refractivity contribution < 1.29 is 9.59 Å². The highest BCUT2D eigenvalue weighted by atomic mass is 16.2. The summed E-state index contributed by atoms with van der Waals surface area (Å²) in [5, 5.41) is 7.08. The zero-order valence-electron chi connectivity index (χ0n) is 18.0. The van der Waals surface area contributed by atoms with Gasteiger partial charge < -0.3 is 10.2 Å². The molecule has 3 heterocycles. The first kappa shape index (κ1) is 21.3. The van der Waals surface area contributed by atoms with Crippen LogP contribution < -0.4 is 5.32 Å². The van der Waals surface area contributed by atoms with E-state index in [4.69, 9.17) is 6.42 Å². The van der Waals surface area contributed by atoms with Crippen LogP contribution in [0.25, 0.3) is 11.1 Å². The Morgan fingerprint density at radius 2 is 2.06 bits per heavy atom. The second-order valence-electron chi connectivity index (χ2n) is 8.09. The monoisotopic (exact) mass is 427 g/mol. The van der Waals surface area contributed by atoms with Crippen LogP contribution in [-0.4, -0.2) is 51.1 Å². The Hall–Kier alpha value is -3.92. The molecule has 0 saturated carbocycles. The number of nitrogens with one attached hydrogen (secondary N) is 1. The second-order valence-corrected chi connectivity index (χ2v) is 8.09. The third-order valence-corrected chi connectivity index (χ3v) is 5.93. The Bertz CT molecular complexity index is 1160. The van der Waals surface area contributed by atoms with Gasteiger partial charge in [0.05, 0.1) is 12.0 Å². The lowest BCUT2D eigenvalue weighted by atomic mass is 9.78. The van der Waals surface area contributed by atoms with E-state index < -0.39 is 5.41 Å². The van der Waals surface area contributed by atoms with E-state index in [9.17, 15) is 9.59 Å². The summed E-state index contributed by atoms with van der Waals surface area (Å²) in [6.45, 7) is 0.938. The molecule has 4 rings (SSSR count). The maximum absolute atomic E-state index is 13.3. The largest absolute Gasteiger partial charge is 0.345 e. The minimum Gasteiger partial charge on any atom is -0.345 e. The zero-order chi connectivity index (χ0) is 22.6. The van der Waals surface area contributed by atoms with Crippen molar-refractivity contribution in [1.82, 2.24) is 25.0 Å². The smallest absolute Gasteiger partial charge is 0.274 e. The van der Waals surface area contributed by atoms with Gasteiger partial charge in [0.25, 0.3) is 5.91 Å². The number of likely N-dealkylation sites (tertiary alicyclic amines) is 1. The van der Waals surface area contributed by atoms with Crippen molar-refractivity contribution in [2.45, 2.75) is 12.8 Å². The van der Waals surface area contributed by atoms with Crippen molar-refractivity contribution >= 4 is 11.8 Å². The molecule has 32 heavy (non-hydrogen) atoms. The normalized spacial score (nSPS) is 17.7. The van der Waals surface area contributed by atoms with Gasteiger partial charge in [-0.15, -0.1) is 6.42 Å². The maximum Gasteiger partial charge on any atom is 0.274 e. The fraction of sp³-hybridized carbons (Fsp3) is 0.280. The van der Waals surface area contributed by atoms with E-state index >= 15 is 0 Å². The first-order valence-electron chi connectivity index (χ1n) is 10.5. The highest BCUT2D eigenvalue weighted by molar-refractivity contribution is 5.94. The van der Waals surface area contributed by atoms with Crippen LogP contribution in [0.2, 0.25) is 0 Å². The molecular weight excluding hydrogens is 402 g/mol. The second kappa shape index (κ2) is 9.06. The van der Waals surface area contributed by atoms with Crippen molar-refractivity contribution in [3.05, 3.63) is 72.3 Å². The molecule has 0 radical (unpaired) electrons. The molecular formula is C25H25N5O2. The molecule has 1 saturated heterocycles. The topological polar surface area (TPSA) is 80.1 Å². The third kappa shape index (κ3) is 4.26. The molecule has 2 aromatic heterocycles. The van der Waals surface area contributed by atoms with E-state index in [1.165, 1.54) is 0 Å². The molecule has 1 aliphatic heterocycles. The summed E-state index contributed by atoms with van der Waals surface area (Å²) in [5.74, 6) is 2.17. The zero-order valence-corrected chi connectivity index (χ0v) is 18.0. The van der Waals surface area contributed by atoms with E-state index in [-0.39, 0.29) is 18.4 Å². The number of hydrogen-bond acceptors (Lipinski definition) is 4. The summed E-state index contributed by atoms with van der Waals surface area (Å²) < 4.78 is 1.60. The van der Waals surface area contributed by atoms with Crippen LogP contribution >= 0.6 is 0 Å². The lowest BCUT2D eigenvalue weighted by Gasteiger charge is -2.29. The first-order chi connectivity index (χ1) is 15.5. The van der Waals surface area contributed by atoms with Crippen molar-refractivity contribution in [3.8, 4) is 23.5 Å². The number of benzene rings is 1. The fourth-order valence-corrected chi connectivity index (χ4v) is 4.31. The van der Waals surface area contributed by atoms with Gasteiger partial charge in [-0.2, -0.15) is 5.10 Å². The van der Waals surface area contributed by atoms with Crippen LogP contribution in [0, 0.1) is 17.8 Å². The Morgan fingerprint density at radius 1 is 1.22 bits per heavy atom. The highest BCUT2D eigenvalue weighted by Crippen LogP contribution is 2.38. The number of carbonyl (C=O) groups excluding carboxylic acids is 2. The van der Waals surface area contributed by atoms with Crippen LogP contribution in [0.15, 0.2) is 61.1 Å². The van der Waals surface area contributed by atoms with Gasteiger partial charge in [-0.1, -0.05) is 36.3 Å². The Labute approximate surface area is 187 Å². The van der Waals surface area contributed by atoms with E-state index in [2.05, 4.69) is 21.3 Å². The summed E-state index contributed by atoms with van der Waals surface area (Å²) in [4.78, 5) is 32.3. The van der Waals surface area contributed by atoms with Gasteiger partial charge in [0.15, 0.2) is 0 Å². The molecule has 1 atom stereocenters. The summed E-state index contributed by atoms with van der Waals surface area (Å²) in [7, 11) is 1.77. The lowest BCUT2D eigenvalue weighted by Crippen LogP contribution is -2.45. The number of terminal acetylenes is 1. The van der Waals surface area contributed by atoms with Crippen LogP contribution in [0.3, 0.4) is 0 Å². The van der Waals surface area contributed by atoms with Gasteiger partial charge in [-0.3, -0.25) is 19.3 Å². The molecule has 1 aromatic carbocycles. The van der Waals surface area contributed by atoms with Crippen LogP contribution in [0.5, 0.6) is 0 Å². The Kier molecular flexibility index (Phi) is 6.04. The molecule has 3 aromatic rings. The average Bonchev–Trinajstić information content (AvgIpc) is 3.45. The molecule has 0 aliphatic carbocycles. The van der Waals surface area contributed by atoms with Gasteiger partial charge in [-0.05, 0) is 36.1 Å². The maximum atomic E-state index is 13.3. The third-order valence-electron chi connectivity index (χ3n) is 5.93. The minimum atomic E-state index is -0.778. The first-order valence-corrected chi connectivity index (χ1v) is 10.5. The van der Waals surface area contributed by atoms with E-state index in [0.29, 0.717) is 31.6 Å². The molecule has 162 valence electrons. The molecule has 7 nitrogen and oxygen atoms in total. The molecule has 1 N–H and O–H groups in total. The fourth-order valence-electron chi connectivity index (χ4n) is 4.31. The van der Waals surface area contributed by atoms with Gasteiger partial charge >= 0.3 is 0 Å². The van der Waals surface area contributed by atoms with Crippen molar-refractivity contribution in [2.24, 2.45) is 12.5 Å².